The van der Waals surface area contributed by atoms with E-state index in [1.54, 1.807) is 0 Å². The Bertz CT molecular complexity index is 885. The summed E-state index contributed by atoms with van der Waals surface area (Å²) in [7, 11) is 0. The molecule has 0 aliphatic carbocycles. The van der Waals surface area contributed by atoms with Crippen LogP contribution in [0.1, 0.15) is 61.1 Å². The topological polar surface area (TPSA) is 58.6 Å². The Hall–Kier alpha value is -2.82. The Kier molecular flexibility index (Phi) is 7.14. The second kappa shape index (κ2) is 9.79. The van der Waals surface area contributed by atoms with Gasteiger partial charge >= 0.3 is 0 Å². The van der Waals surface area contributed by atoms with Gasteiger partial charge in [0.1, 0.15) is 5.75 Å². The second-order valence-electron chi connectivity index (χ2n) is 8.35. The molecule has 3 rings (SSSR count). The normalized spacial score (nSPS) is 15.7. The summed E-state index contributed by atoms with van der Waals surface area (Å²) < 4.78 is 5.76. The molecule has 1 heterocycles. The molecule has 1 aliphatic heterocycles. The summed E-state index contributed by atoms with van der Waals surface area (Å²) in [5.41, 5.74) is 2.76. The predicted octanol–water partition coefficient (Wildman–Crippen LogP) is 4.51. The second-order valence-corrected chi connectivity index (χ2v) is 8.35. The Morgan fingerprint density at radius 2 is 1.73 bits per heavy atom. The van der Waals surface area contributed by atoms with Crippen molar-refractivity contribution in [1.29, 1.82) is 0 Å². The lowest BCUT2D eigenvalue weighted by molar-refractivity contribution is -0.127. The zero-order valence-corrected chi connectivity index (χ0v) is 18.4. The highest BCUT2D eigenvalue weighted by atomic mass is 16.5. The number of hydrogen-bond acceptors (Lipinski definition) is 3. The number of ether oxygens (including phenoxy) is 1. The van der Waals surface area contributed by atoms with Crippen molar-refractivity contribution in [2.45, 2.75) is 52.7 Å². The number of nitrogens with one attached hydrogen (secondary N) is 1. The van der Waals surface area contributed by atoms with Gasteiger partial charge < -0.3 is 15.0 Å². The third kappa shape index (κ3) is 5.41. The lowest BCUT2D eigenvalue weighted by Crippen LogP contribution is -2.43. The summed E-state index contributed by atoms with van der Waals surface area (Å²) in [6.07, 6.45) is 1.48. The average Bonchev–Trinajstić information content (AvgIpc) is 2.73. The van der Waals surface area contributed by atoms with Crippen LogP contribution in [-0.4, -0.2) is 35.9 Å². The van der Waals surface area contributed by atoms with Gasteiger partial charge in [-0.3, -0.25) is 9.59 Å². The Morgan fingerprint density at radius 1 is 1.03 bits per heavy atom. The summed E-state index contributed by atoms with van der Waals surface area (Å²) in [5.74, 6) is 0.859. The number of aryl methyl sites for hydroxylation is 1. The lowest BCUT2D eigenvalue weighted by atomic mass is 9.94. The monoisotopic (exact) mass is 408 g/mol. The smallest absolute Gasteiger partial charge is 0.254 e. The molecule has 1 atom stereocenters. The minimum Gasteiger partial charge on any atom is -0.491 e. The van der Waals surface area contributed by atoms with Gasteiger partial charge in [0.15, 0.2) is 0 Å². The van der Waals surface area contributed by atoms with Gasteiger partial charge in [0.05, 0.1) is 12.1 Å². The number of piperidine rings is 1. The van der Waals surface area contributed by atoms with Crippen molar-refractivity contribution < 1.29 is 14.3 Å². The molecule has 160 valence electrons. The van der Waals surface area contributed by atoms with Crippen LogP contribution in [0.25, 0.3) is 0 Å². The molecular formula is C25H32N2O3. The minimum absolute atomic E-state index is 0.0562. The summed E-state index contributed by atoms with van der Waals surface area (Å²) in [5, 5.41) is 3.13. The van der Waals surface area contributed by atoms with Gasteiger partial charge in [-0.25, -0.2) is 0 Å². The van der Waals surface area contributed by atoms with E-state index in [1.807, 2.05) is 81.1 Å². The fourth-order valence-electron chi connectivity index (χ4n) is 3.87. The fourth-order valence-corrected chi connectivity index (χ4v) is 3.87. The third-order valence-electron chi connectivity index (χ3n) is 5.62. The quantitative estimate of drug-likeness (QED) is 0.765. The number of carbonyl (C=O) groups excluding carboxylic acids is 2. The van der Waals surface area contributed by atoms with Crippen molar-refractivity contribution in [2.75, 3.05) is 13.1 Å². The number of amides is 2. The average molecular weight is 409 g/mol. The van der Waals surface area contributed by atoms with E-state index in [0.29, 0.717) is 25.9 Å². The van der Waals surface area contributed by atoms with Gasteiger partial charge in [0.2, 0.25) is 5.91 Å². The first-order valence-electron chi connectivity index (χ1n) is 10.8. The Labute approximate surface area is 179 Å². The first-order valence-corrected chi connectivity index (χ1v) is 10.8. The first kappa shape index (κ1) is 21.9. The lowest BCUT2D eigenvalue weighted by Gasteiger charge is -2.32. The number of nitrogens with zero attached hydrogens (tertiary/aromatic N) is 1. The van der Waals surface area contributed by atoms with Gasteiger partial charge in [0, 0.05) is 24.6 Å². The fraction of sp³-hybridized carbons (Fsp3) is 0.440. The highest BCUT2D eigenvalue weighted by Gasteiger charge is 2.29. The van der Waals surface area contributed by atoms with E-state index >= 15 is 0 Å². The first-order chi connectivity index (χ1) is 14.3. The van der Waals surface area contributed by atoms with Gasteiger partial charge in [-0.05, 0) is 69.9 Å². The van der Waals surface area contributed by atoms with Crippen molar-refractivity contribution in [3.05, 3.63) is 65.2 Å². The summed E-state index contributed by atoms with van der Waals surface area (Å²) in [6, 6.07) is 15.4. The van der Waals surface area contributed by atoms with E-state index < -0.39 is 0 Å². The number of carbonyl (C=O) groups is 2. The van der Waals surface area contributed by atoms with Crippen LogP contribution < -0.4 is 10.1 Å². The molecular weight excluding hydrogens is 376 g/mol. The summed E-state index contributed by atoms with van der Waals surface area (Å²) in [6.45, 7) is 9.15. The molecule has 0 saturated carbocycles. The molecule has 1 aliphatic rings. The van der Waals surface area contributed by atoms with E-state index in [1.165, 1.54) is 0 Å². The maximum atomic E-state index is 12.8. The maximum absolute atomic E-state index is 12.8. The molecule has 1 saturated heterocycles. The maximum Gasteiger partial charge on any atom is 0.254 e. The van der Waals surface area contributed by atoms with Crippen molar-refractivity contribution >= 4 is 11.8 Å². The van der Waals surface area contributed by atoms with Gasteiger partial charge in [-0.15, -0.1) is 0 Å². The van der Waals surface area contributed by atoms with Crippen molar-refractivity contribution in [2.24, 2.45) is 5.92 Å². The van der Waals surface area contributed by atoms with Crippen molar-refractivity contribution in [3.8, 4) is 5.75 Å². The SMILES string of the molecule is Cc1ccccc1C(=O)N1CCC(C(=O)N[C@@H](C)c2cccc(OC(C)C)c2)CC1. The molecule has 30 heavy (non-hydrogen) atoms. The Morgan fingerprint density at radius 3 is 2.40 bits per heavy atom. The summed E-state index contributed by atoms with van der Waals surface area (Å²) >= 11 is 0. The van der Waals surface area contributed by atoms with E-state index in [9.17, 15) is 9.59 Å². The molecule has 0 unspecified atom stereocenters. The molecule has 2 aromatic rings. The molecule has 0 radical (unpaired) electrons. The molecule has 5 nitrogen and oxygen atoms in total. The standard InChI is InChI=1S/C25H32N2O3/c1-17(2)30-22-10-7-9-21(16-22)19(4)26-24(28)20-12-14-27(15-13-20)25(29)23-11-6-5-8-18(23)3/h5-11,16-17,19-20H,12-15H2,1-4H3,(H,26,28)/t19-/m0/s1. The van der Waals surface area contributed by atoms with Crippen molar-refractivity contribution in [3.63, 3.8) is 0 Å². The van der Waals surface area contributed by atoms with E-state index in [4.69, 9.17) is 4.74 Å². The molecule has 0 spiro atoms. The van der Waals surface area contributed by atoms with Gasteiger partial charge in [-0.2, -0.15) is 0 Å². The van der Waals surface area contributed by atoms with Crippen LogP contribution in [0.15, 0.2) is 48.5 Å². The van der Waals surface area contributed by atoms with Crippen LogP contribution in [0, 0.1) is 12.8 Å². The van der Waals surface area contributed by atoms with E-state index in [-0.39, 0.29) is 29.9 Å². The zero-order chi connectivity index (χ0) is 21.7. The molecule has 5 heteroatoms. The molecule has 2 amide bonds. The highest BCUT2D eigenvalue weighted by Crippen LogP contribution is 2.23. The predicted molar refractivity (Wildman–Crippen MR) is 119 cm³/mol. The van der Waals surface area contributed by atoms with Gasteiger partial charge in [0.25, 0.3) is 5.91 Å². The molecule has 1 fully saturated rings. The van der Waals surface area contributed by atoms with Crippen LogP contribution >= 0.6 is 0 Å². The van der Waals surface area contributed by atoms with E-state index in [2.05, 4.69) is 5.32 Å². The minimum atomic E-state index is -0.0974. The number of benzene rings is 2. The highest BCUT2D eigenvalue weighted by molar-refractivity contribution is 5.95. The van der Waals surface area contributed by atoms with Crippen LogP contribution in [0.2, 0.25) is 0 Å². The van der Waals surface area contributed by atoms with Gasteiger partial charge in [-0.1, -0.05) is 30.3 Å². The number of hydrogen-bond donors (Lipinski definition) is 1. The molecule has 0 aromatic heterocycles. The Balaban J connectivity index is 1.54. The largest absolute Gasteiger partial charge is 0.491 e. The summed E-state index contributed by atoms with van der Waals surface area (Å²) in [4.78, 5) is 27.4. The van der Waals surface area contributed by atoms with Crippen LogP contribution in [0.5, 0.6) is 5.75 Å². The van der Waals surface area contributed by atoms with Crippen LogP contribution in [0.3, 0.4) is 0 Å². The number of likely N-dealkylation sites (tertiary alicyclic amines) is 1. The molecule has 0 bridgehead atoms. The van der Waals surface area contributed by atoms with Crippen molar-refractivity contribution in [1.82, 2.24) is 10.2 Å². The number of rotatable bonds is 6. The third-order valence-corrected chi connectivity index (χ3v) is 5.62. The molecule has 1 N–H and O–H groups in total. The van der Waals surface area contributed by atoms with Crippen LogP contribution in [-0.2, 0) is 4.79 Å². The molecule has 2 aromatic carbocycles. The zero-order valence-electron chi connectivity index (χ0n) is 18.4. The van der Waals surface area contributed by atoms with Crippen LogP contribution in [0.4, 0.5) is 0 Å². The van der Waals surface area contributed by atoms with E-state index in [0.717, 1.165) is 22.4 Å².